The Bertz CT molecular complexity index is 572. The normalized spacial score (nSPS) is 10.7. The minimum atomic E-state index is 0. The van der Waals surface area contributed by atoms with E-state index in [4.69, 9.17) is 11.6 Å². The summed E-state index contributed by atoms with van der Waals surface area (Å²) in [5, 5.41) is 7.30. The van der Waals surface area contributed by atoms with Gasteiger partial charge >= 0.3 is 0 Å². The number of nitrogens with one attached hydrogen (secondary N) is 2. The highest BCUT2D eigenvalue weighted by molar-refractivity contribution is 14.0. The van der Waals surface area contributed by atoms with Crippen LogP contribution < -0.4 is 10.6 Å². The summed E-state index contributed by atoms with van der Waals surface area (Å²) in [6.07, 6.45) is 4.57. The molecule has 0 aliphatic heterocycles. The van der Waals surface area contributed by atoms with Gasteiger partial charge in [0.15, 0.2) is 5.96 Å². The van der Waals surface area contributed by atoms with Crippen molar-refractivity contribution >= 4 is 41.5 Å². The molecule has 2 N–H and O–H groups in total. The molecule has 1 heterocycles. The number of rotatable bonds is 5. The van der Waals surface area contributed by atoms with Gasteiger partial charge in [0.1, 0.15) is 0 Å². The first-order chi connectivity index (χ1) is 10.3. The van der Waals surface area contributed by atoms with Crippen LogP contribution in [0.1, 0.15) is 11.1 Å². The molecule has 0 radical (unpaired) electrons. The largest absolute Gasteiger partial charge is 0.356 e. The van der Waals surface area contributed by atoms with E-state index in [0.29, 0.717) is 6.54 Å². The Balaban J connectivity index is 0.00000242. The predicted octanol–water partition coefficient (Wildman–Crippen LogP) is 3.26. The van der Waals surface area contributed by atoms with Crippen molar-refractivity contribution in [2.45, 2.75) is 13.0 Å². The molecule has 0 saturated carbocycles. The number of guanidine groups is 1. The van der Waals surface area contributed by atoms with E-state index in [9.17, 15) is 0 Å². The Morgan fingerprint density at radius 1 is 1.14 bits per heavy atom. The van der Waals surface area contributed by atoms with Crippen molar-refractivity contribution in [2.75, 3.05) is 13.6 Å². The lowest BCUT2D eigenvalue weighted by Crippen LogP contribution is -2.37. The summed E-state index contributed by atoms with van der Waals surface area (Å²) in [6, 6.07) is 11.8. The van der Waals surface area contributed by atoms with Crippen molar-refractivity contribution in [1.29, 1.82) is 0 Å². The van der Waals surface area contributed by atoms with E-state index in [1.807, 2.05) is 36.5 Å². The maximum absolute atomic E-state index is 5.87. The average molecular weight is 431 g/mol. The summed E-state index contributed by atoms with van der Waals surface area (Å²) in [7, 11) is 1.77. The van der Waals surface area contributed by atoms with Crippen LogP contribution in [0.2, 0.25) is 5.02 Å². The molecule has 0 bridgehead atoms. The van der Waals surface area contributed by atoms with Crippen molar-refractivity contribution in [3.63, 3.8) is 0 Å². The topological polar surface area (TPSA) is 49.3 Å². The SMILES string of the molecule is CN=C(NCCc1cccnc1)NCc1ccc(Cl)cc1.I. The van der Waals surface area contributed by atoms with Gasteiger partial charge in [-0.3, -0.25) is 9.98 Å². The van der Waals surface area contributed by atoms with E-state index in [1.165, 1.54) is 5.56 Å². The summed E-state index contributed by atoms with van der Waals surface area (Å²) >= 11 is 5.87. The van der Waals surface area contributed by atoms with Crippen LogP contribution in [-0.2, 0) is 13.0 Å². The van der Waals surface area contributed by atoms with Gasteiger partial charge in [0.2, 0.25) is 0 Å². The summed E-state index contributed by atoms with van der Waals surface area (Å²) < 4.78 is 0. The molecular weight excluding hydrogens is 411 g/mol. The molecule has 0 atom stereocenters. The van der Waals surface area contributed by atoms with E-state index >= 15 is 0 Å². The number of nitrogens with zero attached hydrogens (tertiary/aromatic N) is 2. The Morgan fingerprint density at radius 2 is 1.91 bits per heavy atom. The Labute approximate surface area is 153 Å². The number of hydrogen-bond donors (Lipinski definition) is 2. The van der Waals surface area contributed by atoms with Gasteiger partial charge in [0, 0.05) is 37.6 Å². The van der Waals surface area contributed by atoms with E-state index in [2.05, 4.69) is 26.7 Å². The van der Waals surface area contributed by atoms with Crippen molar-refractivity contribution in [3.8, 4) is 0 Å². The second-order valence-corrected chi connectivity index (χ2v) is 5.03. The zero-order valence-corrected chi connectivity index (χ0v) is 15.5. The van der Waals surface area contributed by atoms with Crippen molar-refractivity contribution in [1.82, 2.24) is 15.6 Å². The van der Waals surface area contributed by atoms with Crippen LogP contribution in [0.15, 0.2) is 53.8 Å². The minimum Gasteiger partial charge on any atom is -0.356 e. The Morgan fingerprint density at radius 3 is 2.55 bits per heavy atom. The van der Waals surface area contributed by atoms with Gasteiger partial charge in [-0.15, -0.1) is 24.0 Å². The van der Waals surface area contributed by atoms with Crippen LogP contribution >= 0.6 is 35.6 Å². The predicted molar refractivity (Wildman–Crippen MR) is 103 cm³/mol. The van der Waals surface area contributed by atoms with Crippen LogP contribution in [0.4, 0.5) is 0 Å². The first kappa shape index (κ1) is 18.7. The van der Waals surface area contributed by atoms with Gasteiger partial charge in [-0.05, 0) is 35.7 Å². The number of aliphatic imine (C=N–C) groups is 1. The number of halogens is 2. The van der Waals surface area contributed by atoms with Crippen LogP contribution in [0.5, 0.6) is 0 Å². The van der Waals surface area contributed by atoms with Gasteiger partial charge in [-0.25, -0.2) is 0 Å². The molecule has 1 aromatic carbocycles. The summed E-state index contributed by atoms with van der Waals surface area (Å²) in [5.41, 5.74) is 2.37. The van der Waals surface area contributed by atoms with Crippen LogP contribution in [0, 0.1) is 0 Å². The molecule has 2 rings (SSSR count). The van der Waals surface area contributed by atoms with Crippen LogP contribution in [0.3, 0.4) is 0 Å². The number of aromatic nitrogens is 1. The monoisotopic (exact) mass is 430 g/mol. The maximum Gasteiger partial charge on any atom is 0.191 e. The van der Waals surface area contributed by atoms with Crippen molar-refractivity contribution in [2.24, 2.45) is 4.99 Å². The fraction of sp³-hybridized carbons (Fsp3) is 0.250. The summed E-state index contributed by atoms with van der Waals surface area (Å²) in [6.45, 7) is 1.52. The molecule has 0 aliphatic carbocycles. The van der Waals surface area contributed by atoms with E-state index in [0.717, 1.165) is 29.5 Å². The van der Waals surface area contributed by atoms with Crippen molar-refractivity contribution in [3.05, 3.63) is 64.9 Å². The minimum absolute atomic E-state index is 0. The fourth-order valence-corrected chi connectivity index (χ4v) is 2.01. The molecule has 22 heavy (non-hydrogen) atoms. The average Bonchev–Trinajstić information content (AvgIpc) is 2.53. The standard InChI is InChI=1S/C16H19ClN4.HI/c1-18-16(20-10-8-13-3-2-9-19-11-13)21-12-14-4-6-15(17)7-5-14;/h2-7,9,11H,8,10,12H2,1H3,(H2,18,20,21);1H. The summed E-state index contributed by atoms with van der Waals surface area (Å²) in [5.74, 6) is 0.786. The van der Waals surface area contributed by atoms with Gasteiger partial charge in [-0.2, -0.15) is 0 Å². The Hall–Kier alpha value is -1.34. The zero-order valence-electron chi connectivity index (χ0n) is 12.4. The molecular formula is C16H20ClIN4. The third-order valence-electron chi connectivity index (χ3n) is 3.03. The molecule has 2 aromatic rings. The lowest BCUT2D eigenvalue weighted by atomic mass is 10.2. The first-order valence-electron chi connectivity index (χ1n) is 6.86. The molecule has 0 spiro atoms. The van der Waals surface area contributed by atoms with Gasteiger partial charge < -0.3 is 10.6 Å². The molecule has 1 aromatic heterocycles. The Kier molecular flexibility index (Phi) is 8.84. The molecule has 6 heteroatoms. The maximum atomic E-state index is 5.87. The van der Waals surface area contributed by atoms with Crippen LogP contribution in [-0.4, -0.2) is 24.5 Å². The third kappa shape index (κ3) is 6.62. The second kappa shape index (κ2) is 10.4. The third-order valence-corrected chi connectivity index (χ3v) is 3.28. The molecule has 0 unspecified atom stereocenters. The number of benzene rings is 1. The highest BCUT2D eigenvalue weighted by Crippen LogP contribution is 2.08. The molecule has 4 nitrogen and oxygen atoms in total. The molecule has 0 amide bonds. The second-order valence-electron chi connectivity index (χ2n) is 4.59. The van der Waals surface area contributed by atoms with E-state index < -0.39 is 0 Å². The van der Waals surface area contributed by atoms with Gasteiger partial charge in [0.25, 0.3) is 0 Å². The van der Waals surface area contributed by atoms with Gasteiger partial charge in [-0.1, -0.05) is 29.8 Å². The molecule has 118 valence electrons. The molecule has 0 fully saturated rings. The molecule has 0 saturated heterocycles. The molecule has 0 aliphatic rings. The smallest absolute Gasteiger partial charge is 0.191 e. The lowest BCUT2D eigenvalue weighted by Gasteiger charge is -2.12. The van der Waals surface area contributed by atoms with E-state index in [1.54, 1.807) is 13.2 Å². The number of hydrogen-bond acceptors (Lipinski definition) is 2. The lowest BCUT2D eigenvalue weighted by molar-refractivity contribution is 0.793. The summed E-state index contributed by atoms with van der Waals surface area (Å²) in [4.78, 5) is 8.31. The highest BCUT2D eigenvalue weighted by atomic mass is 127. The van der Waals surface area contributed by atoms with Crippen molar-refractivity contribution < 1.29 is 0 Å². The number of pyridine rings is 1. The quantitative estimate of drug-likeness (QED) is 0.435. The van der Waals surface area contributed by atoms with Crippen LogP contribution in [0.25, 0.3) is 0 Å². The first-order valence-corrected chi connectivity index (χ1v) is 7.23. The van der Waals surface area contributed by atoms with E-state index in [-0.39, 0.29) is 24.0 Å². The van der Waals surface area contributed by atoms with Gasteiger partial charge in [0.05, 0.1) is 0 Å². The highest BCUT2D eigenvalue weighted by Gasteiger charge is 1.99. The fourth-order valence-electron chi connectivity index (χ4n) is 1.88. The zero-order chi connectivity index (χ0) is 14.9.